The summed E-state index contributed by atoms with van der Waals surface area (Å²) in [6.45, 7) is 12.6. The molecule has 1 aliphatic heterocycles. The molecule has 2 nitrogen and oxygen atoms in total. The molecule has 1 unspecified atom stereocenters. The van der Waals surface area contributed by atoms with Crippen LogP contribution in [0.3, 0.4) is 0 Å². The van der Waals surface area contributed by atoms with Crippen LogP contribution >= 0.6 is 27.3 Å². The molecule has 1 fully saturated rings. The van der Waals surface area contributed by atoms with Crippen molar-refractivity contribution in [2.45, 2.75) is 64.6 Å². The van der Waals surface area contributed by atoms with Crippen LogP contribution in [0.1, 0.15) is 51.8 Å². The third-order valence-corrected chi connectivity index (χ3v) is 6.74. The normalized spacial score (nSPS) is 26.9. The topological polar surface area (TPSA) is 15.3 Å². The van der Waals surface area contributed by atoms with Gasteiger partial charge in [0.25, 0.3) is 0 Å². The zero-order valence-corrected chi connectivity index (χ0v) is 15.5. The van der Waals surface area contributed by atoms with Gasteiger partial charge in [-0.3, -0.25) is 4.90 Å². The predicted molar refractivity (Wildman–Crippen MR) is 92.4 cm³/mol. The molecular formula is C16H27BrN2S. The van der Waals surface area contributed by atoms with Crippen LogP contribution in [-0.4, -0.2) is 29.1 Å². The van der Waals surface area contributed by atoms with Gasteiger partial charge in [0.05, 0.1) is 3.79 Å². The summed E-state index contributed by atoms with van der Waals surface area (Å²) < 4.78 is 1.24. The van der Waals surface area contributed by atoms with Crippen molar-refractivity contribution < 1.29 is 0 Å². The van der Waals surface area contributed by atoms with Gasteiger partial charge in [0.2, 0.25) is 0 Å². The summed E-state index contributed by atoms with van der Waals surface area (Å²) in [6, 6.07) is 4.43. The van der Waals surface area contributed by atoms with Crippen LogP contribution in [0.25, 0.3) is 0 Å². The van der Waals surface area contributed by atoms with E-state index in [1.54, 1.807) is 0 Å². The fourth-order valence-electron chi connectivity index (χ4n) is 3.17. The highest BCUT2D eigenvalue weighted by molar-refractivity contribution is 9.11. The first-order chi connectivity index (χ1) is 9.47. The molecule has 114 valence electrons. The molecule has 0 spiro atoms. The smallest absolute Gasteiger partial charge is 0.0701 e. The third-order valence-electron chi connectivity index (χ3n) is 5.13. The van der Waals surface area contributed by atoms with Crippen LogP contribution in [0, 0.1) is 0 Å². The maximum atomic E-state index is 3.81. The first kappa shape index (κ1) is 16.5. The van der Waals surface area contributed by atoms with Crippen molar-refractivity contribution >= 4 is 27.3 Å². The summed E-state index contributed by atoms with van der Waals surface area (Å²) in [4.78, 5) is 4.19. The molecule has 1 aliphatic rings. The van der Waals surface area contributed by atoms with E-state index >= 15 is 0 Å². The van der Waals surface area contributed by atoms with Crippen LogP contribution in [0.15, 0.2) is 15.9 Å². The summed E-state index contributed by atoms with van der Waals surface area (Å²) in [6.07, 6.45) is 3.60. The number of hydrogen-bond acceptors (Lipinski definition) is 3. The Morgan fingerprint density at radius 3 is 2.45 bits per heavy atom. The van der Waals surface area contributed by atoms with Crippen LogP contribution in [0.5, 0.6) is 0 Å². The van der Waals surface area contributed by atoms with Gasteiger partial charge in [0.15, 0.2) is 0 Å². The summed E-state index contributed by atoms with van der Waals surface area (Å²) in [7, 11) is 0. The van der Waals surface area contributed by atoms with E-state index in [0.717, 1.165) is 19.6 Å². The molecule has 0 saturated carbocycles. The highest BCUT2D eigenvalue weighted by Crippen LogP contribution is 2.34. The first-order valence-corrected chi connectivity index (χ1v) is 9.32. The number of nitrogens with zero attached hydrogens (tertiary/aromatic N) is 1. The molecule has 1 N–H and O–H groups in total. The lowest BCUT2D eigenvalue weighted by Crippen LogP contribution is -2.68. The maximum absolute atomic E-state index is 3.81. The van der Waals surface area contributed by atoms with Crippen LogP contribution in [-0.2, 0) is 6.54 Å². The van der Waals surface area contributed by atoms with Gasteiger partial charge in [-0.05, 0) is 54.2 Å². The number of rotatable bonds is 5. The Hall–Kier alpha value is 0.1000. The van der Waals surface area contributed by atoms with Crippen molar-refractivity contribution in [3.8, 4) is 0 Å². The molecule has 1 aromatic rings. The largest absolute Gasteiger partial charge is 0.308 e. The summed E-state index contributed by atoms with van der Waals surface area (Å²) >= 11 is 5.45. The molecule has 4 heteroatoms. The number of piperazine rings is 1. The molecule has 2 heterocycles. The highest BCUT2D eigenvalue weighted by atomic mass is 79.9. The Kier molecular flexibility index (Phi) is 5.33. The number of nitrogens with one attached hydrogen (secondary N) is 1. The van der Waals surface area contributed by atoms with E-state index in [1.165, 1.54) is 27.9 Å². The van der Waals surface area contributed by atoms with Gasteiger partial charge in [-0.1, -0.05) is 20.8 Å². The van der Waals surface area contributed by atoms with Crippen molar-refractivity contribution in [2.24, 2.45) is 0 Å². The number of thiophene rings is 1. The third kappa shape index (κ3) is 3.29. The lowest BCUT2D eigenvalue weighted by molar-refractivity contribution is -0.00337. The zero-order valence-electron chi connectivity index (χ0n) is 13.1. The Bertz CT molecular complexity index is 441. The zero-order chi connectivity index (χ0) is 14.8. The minimum absolute atomic E-state index is 0.252. The molecule has 0 aromatic carbocycles. The molecular weight excluding hydrogens is 332 g/mol. The van der Waals surface area contributed by atoms with E-state index in [4.69, 9.17) is 0 Å². The molecule has 0 radical (unpaired) electrons. The van der Waals surface area contributed by atoms with E-state index < -0.39 is 0 Å². The van der Waals surface area contributed by atoms with Gasteiger partial charge in [0, 0.05) is 35.6 Å². The second-order valence-electron chi connectivity index (χ2n) is 6.26. The maximum Gasteiger partial charge on any atom is 0.0701 e. The fourth-order valence-corrected chi connectivity index (χ4v) is 4.67. The summed E-state index contributed by atoms with van der Waals surface area (Å²) in [5, 5.41) is 3.81. The Morgan fingerprint density at radius 2 is 1.95 bits per heavy atom. The van der Waals surface area contributed by atoms with Gasteiger partial charge in [-0.2, -0.15) is 0 Å². The van der Waals surface area contributed by atoms with E-state index in [9.17, 15) is 0 Å². The molecule has 0 aliphatic carbocycles. The second-order valence-corrected chi connectivity index (χ2v) is 8.81. The van der Waals surface area contributed by atoms with E-state index in [0.29, 0.717) is 5.54 Å². The standard InChI is InChI=1S/C16H27BrN2S/c1-5-15(4)12-19(10-13-8-9-14(17)20-13)16(6-2,7-3)11-18-15/h8-9,18H,5-7,10-12H2,1-4H3. The monoisotopic (exact) mass is 358 g/mol. The van der Waals surface area contributed by atoms with Crippen LogP contribution in [0.4, 0.5) is 0 Å². The number of hydrogen-bond donors (Lipinski definition) is 1. The summed E-state index contributed by atoms with van der Waals surface area (Å²) in [5.74, 6) is 0. The van der Waals surface area contributed by atoms with E-state index in [1.807, 2.05) is 11.3 Å². The lowest BCUT2D eigenvalue weighted by atomic mass is 9.82. The molecule has 1 aromatic heterocycles. The fraction of sp³-hybridized carbons (Fsp3) is 0.750. The van der Waals surface area contributed by atoms with Crippen molar-refractivity contribution in [2.75, 3.05) is 13.1 Å². The molecule has 20 heavy (non-hydrogen) atoms. The first-order valence-electron chi connectivity index (χ1n) is 7.71. The number of halogens is 1. The van der Waals surface area contributed by atoms with Gasteiger partial charge in [-0.25, -0.2) is 0 Å². The van der Waals surface area contributed by atoms with Crippen molar-refractivity contribution in [3.05, 3.63) is 20.8 Å². The summed E-state index contributed by atoms with van der Waals surface area (Å²) in [5.41, 5.74) is 0.563. The Balaban J connectivity index is 2.21. The van der Waals surface area contributed by atoms with Gasteiger partial charge >= 0.3 is 0 Å². The Labute approximate surface area is 136 Å². The van der Waals surface area contributed by atoms with E-state index in [2.05, 4.69) is 66.0 Å². The minimum atomic E-state index is 0.252. The lowest BCUT2D eigenvalue weighted by Gasteiger charge is -2.53. The average molecular weight is 359 g/mol. The van der Waals surface area contributed by atoms with Gasteiger partial charge < -0.3 is 5.32 Å². The van der Waals surface area contributed by atoms with E-state index in [-0.39, 0.29) is 5.54 Å². The van der Waals surface area contributed by atoms with Crippen LogP contribution < -0.4 is 5.32 Å². The SMILES string of the molecule is CCC1(C)CN(Cc2ccc(Br)s2)C(CC)(CC)CN1. The molecule has 2 rings (SSSR count). The van der Waals surface area contributed by atoms with Crippen LogP contribution in [0.2, 0.25) is 0 Å². The van der Waals surface area contributed by atoms with Crippen molar-refractivity contribution in [1.82, 2.24) is 10.2 Å². The molecule has 0 bridgehead atoms. The average Bonchev–Trinajstić information content (AvgIpc) is 2.85. The highest BCUT2D eigenvalue weighted by Gasteiger charge is 2.42. The molecule has 1 atom stereocenters. The van der Waals surface area contributed by atoms with Gasteiger partial charge in [0.1, 0.15) is 0 Å². The second kappa shape index (κ2) is 6.47. The van der Waals surface area contributed by atoms with Crippen molar-refractivity contribution in [1.29, 1.82) is 0 Å². The molecule has 0 amide bonds. The molecule has 1 saturated heterocycles. The van der Waals surface area contributed by atoms with Crippen molar-refractivity contribution in [3.63, 3.8) is 0 Å². The quantitative estimate of drug-likeness (QED) is 0.824. The van der Waals surface area contributed by atoms with Gasteiger partial charge in [-0.15, -0.1) is 11.3 Å². The minimum Gasteiger partial charge on any atom is -0.308 e. The predicted octanol–water partition coefficient (Wildman–Crippen LogP) is 4.64. The Morgan fingerprint density at radius 1 is 1.25 bits per heavy atom.